The molecule has 0 spiro atoms. The van der Waals surface area contributed by atoms with Crippen molar-refractivity contribution in [3.63, 3.8) is 0 Å². The molecule has 1 aromatic rings. The number of hydrogen-bond donors (Lipinski definition) is 1. The Morgan fingerprint density at radius 1 is 1.60 bits per heavy atom. The Bertz CT molecular complexity index is 436. The van der Waals surface area contributed by atoms with E-state index in [1.807, 2.05) is 6.92 Å². The zero-order valence-corrected chi connectivity index (χ0v) is 9.95. The normalized spacial score (nSPS) is 14.1. The molecule has 0 saturated carbocycles. The molecule has 1 rings (SSSR count). The third-order valence-electron chi connectivity index (χ3n) is 2.14. The molecule has 1 unspecified atom stereocenters. The molecule has 1 N–H and O–H groups in total. The van der Waals surface area contributed by atoms with E-state index in [1.54, 1.807) is 17.8 Å². The first kappa shape index (κ1) is 12.2. The first-order valence-electron chi connectivity index (χ1n) is 4.66. The van der Waals surface area contributed by atoms with E-state index in [4.69, 9.17) is 0 Å². The highest BCUT2D eigenvalue weighted by Crippen LogP contribution is 2.17. The summed E-state index contributed by atoms with van der Waals surface area (Å²) < 4.78 is 23.4. The van der Waals surface area contributed by atoms with Crippen molar-refractivity contribution >= 4 is 9.84 Å². The molecule has 0 aromatic carbocycles. The van der Waals surface area contributed by atoms with E-state index in [0.717, 1.165) is 11.9 Å². The fourth-order valence-corrected chi connectivity index (χ4v) is 2.07. The van der Waals surface area contributed by atoms with E-state index in [0.29, 0.717) is 5.69 Å². The van der Waals surface area contributed by atoms with Crippen molar-refractivity contribution in [2.24, 2.45) is 7.05 Å². The summed E-state index contributed by atoms with van der Waals surface area (Å²) in [6.07, 6.45) is 0.595. The van der Waals surface area contributed by atoms with Crippen LogP contribution in [0.5, 0.6) is 0 Å². The second kappa shape index (κ2) is 4.32. The summed E-state index contributed by atoms with van der Waals surface area (Å²) in [6.45, 7) is 1.83. The first-order chi connectivity index (χ1) is 6.79. The number of aryl methyl sites for hydroxylation is 2. The molecule has 0 aliphatic rings. The Labute approximate surface area is 89.6 Å². The van der Waals surface area contributed by atoms with Crippen molar-refractivity contribution < 1.29 is 13.5 Å². The van der Waals surface area contributed by atoms with Crippen molar-refractivity contribution in [3.05, 3.63) is 17.5 Å². The maximum atomic E-state index is 10.9. The molecule has 0 aliphatic heterocycles. The average Bonchev–Trinajstić information content (AvgIpc) is 2.40. The topological polar surface area (TPSA) is 72.2 Å². The second-order valence-corrected chi connectivity index (χ2v) is 6.03. The van der Waals surface area contributed by atoms with Gasteiger partial charge in [0.2, 0.25) is 0 Å². The van der Waals surface area contributed by atoms with Crippen molar-refractivity contribution in [1.82, 2.24) is 9.78 Å². The lowest BCUT2D eigenvalue weighted by Gasteiger charge is -2.09. The first-order valence-corrected chi connectivity index (χ1v) is 6.72. The third-order valence-corrected chi connectivity index (χ3v) is 3.12. The predicted octanol–water partition coefficient (Wildman–Crippen LogP) is 0.197. The molecule has 6 heteroatoms. The predicted molar refractivity (Wildman–Crippen MR) is 57.2 cm³/mol. The van der Waals surface area contributed by atoms with Crippen LogP contribution in [0.4, 0.5) is 0 Å². The van der Waals surface area contributed by atoms with E-state index in [-0.39, 0.29) is 12.2 Å². The summed E-state index contributed by atoms with van der Waals surface area (Å²) in [7, 11) is -1.29. The van der Waals surface area contributed by atoms with Crippen LogP contribution in [0.1, 0.15) is 23.9 Å². The smallest absolute Gasteiger partial charge is 0.147 e. The monoisotopic (exact) mass is 232 g/mol. The standard InChI is InChI=1S/C9H16N2O3S/c1-7-6-8(11(2)10-7)9(12)4-5-15(3,13)14/h6,9,12H,4-5H2,1-3H3. The number of rotatable bonds is 4. The molecule has 15 heavy (non-hydrogen) atoms. The SMILES string of the molecule is Cc1cc(C(O)CCS(C)(=O)=O)n(C)n1. The van der Waals surface area contributed by atoms with Gasteiger partial charge in [-0.3, -0.25) is 4.68 Å². The minimum absolute atomic E-state index is 0.0155. The molecule has 0 aliphatic carbocycles. The van der Waals surface area contributed by atoms with Crippen LogP contribution in [0.15, 0.2) is 6.07 Å². The van der Waals surface area contributed by atoms with Gasteiger partial charge in [-0.05, 0) is 19.4 Å². The maximum absolute atomic E-state index is 10.9. The van der Waals surface area contributed by atoms with Gasteiger partial charge in [0.15, 0.2) is 0 Å². The number of sulfone groups is 1. The summed E-state index contributed by atoms with van der Waals surface area (Å²) in [6, 6.07) is 1.76. The van der Waals surface area contributed by atoms with Gasteiger partial charge >= 0.3 is 0 Å². The van der Waals surface area contributed by atoms with E-state index < -0.39 is 15.9 Å². The highest BCUT2D eigenvalue weighted by atomic mass is 32.2. The third kappa shape index (κ3) is 3.64. The zero-order valence-electron chi connectivity index (χ0n) is 9.14. The number of aromatic nitrogens is 2. The average molecular weight is 232 g/mol. The Balaban J connectivity index is 2.69. The van der Waals surface area contributed by atoms with Crippen LogP contribution in [-0.4, -0.2) is 35.3 Å². The zero-order chi connectivity index (χ0) is 11.6. The molecule has 0 saturated heterocycles. The van der Waals surface area contributed by atoms with Crippen LogP contribution in [0.25, 0.3) is 0 Å². The fourth-order valence-electron chi connectivity index (χ4n) is 1.42. The molecule has 1 aromatic heterocycles. The summed E-state index contributed by atoms with van der Waals surface area (Å²) in [5, 5.41) is 13.8. The Morgan fingerprint density at radius 2 is 2.20 bits per heavy atom. The number of aliphatic hydroxyl groups is 1. The lowest BCUT2D eigenvalue weighted by atomic mass is 10.2. The molecule has 86 valence electrons. The van der Waals surface area contributed by atoms with Crippen LogP contribution in [-0.2, 0) is 16.9 Å². The van der Waals surface area contributed by atoms with Gasteiger partial charge in [0.25, 0.3) is 0 Å². The van der Waals surface area contributed by atoms with Gasteiger partial charge in [0, 0.05) is 13.3 Å². The van der Waals surface area contributed by atoms with Crippen LogP contribution < -0.4 is 0 Å². The van der Waals surface area contributed by atoms with Gasteiger partial charge < -0.3 is 5.11 Å². The van der Waals surface area contributed by atoms with Crippen LogP contribution in [0.2, 0.25) is 0 Å². The van der Waals surface area contributed by atoms with Gasteiger partial charge in [0.1, 0.15) is 9.84 Å². The molecule has 0 fully saturated rings. The van der Waals surface area contributed by atoms with E-state index in [1.165, 1.54) is 0 Å². The fraction of sp³-hybridized carbons (Fsp3) is 0.667. The summed E-state index contributed by atoms with van der Waals surface area (Å²) in [4.78, 5) is 0. The van der Waals surface area contributed by atoms with Gasteiger partial charge in [-0.15, -0.1) is 0 Å². The Morgan fingerprint density at radius 3 is 2.60 bits per heavy atom. The minimum Gasteiger partial charge on any atom is -0.387 e. The van der Waals surface area contributed by atoms with Crippen LogP contribution in [0, 0.1) is 6.92 Å². The highest BCUT2D eigenvalue weighted by Gasteiger charge is 2.15. The summed E-state index contributed by atoms with van der Waals surface area (Å²) in [5.41, 5.74) is 1.46. The van der Waals surface area contributed by atoms with Crippen LogP contribution >= 0.6 is 0 Å². The molecule has 1 atom stereocenters. The van der Waals surface area contributed by atoms with Crippen molar-refractivity contribution in [1.29, 1.82) is 0 Å². The summed E-state index contributed by atoms with van der Waals surface area (Å²) >= 11 is 0. The van der Waals surface area contributed by atoms with Gasteiger partial charge in [-0.1, -0.05) is 0 Å². The molecular formula is C9H16N2O3S. The van der Waals surface area contributed by atoms with Gasteiger partial charge in [-0.25, -0.2) is 8.42 Å². The van der Waals surface area contributed by atoms with E-state index in [2.05, 4.69) is 5.10 Å². The molecule has 0 bridgehead atoms. The highest BCUT2D eigenvalue weighted by molar-refractivity contribution is 7.90. The molecular weight excluding hydrogens is 216 g/mol. The lowest BCUT2D eigenvalue weighted by Crippen LogP contribution is -2.11. The van der Waals surface area contributed by atoms with Crippen molar-refractivity contribution in [3.8, 4) is 0 Å². The van der Waals surface area contributed by atoms with E-state index in [9.17, 15) is 13.5 Å². The molecule has 0 amide bonds. The second-order valence-electron chi connectivity index (χ2n) is 3.77. The Kier molecular flexibility index (Phi) is 3.51. The summed E-state index contributed by atoms with van der Waals surface area (Å²) in [5.74, 6) is -0.0155. The number of hydrogen-bond acceptors (Lipinski definition) is 4. The molecule has 1 heterocycles. The number of aliphatic hydroxyl groups excluding tert-OH is 1. The van der Waals surface area contributed by atoms with Crippen molar-refractivity contribution in [2.45, 2.75) is 19.4 Å². The van der Waals surface area contributed by atoms with Crippen LogP contribution in [0.3, 0.4) is 0 Å². The number of nitrogens with zero attached hydrogens (tertiary/aromatic N) is 2. The maximum Gasteiger partial charge on any atom is 0.147 e. The lowest BCUT2D eigenvalue weighted by molar-refractivity contribution is 0.164. The van der Waals surface area contributed by atoms with Gasteiger partial charge in [0.05, 0.1) is 23.2 Å². The van der Waals surface area contributed by atoms with Crippen molar-refractivity contribution in [2.75, 3.05) is 12.0 Å². The largest absolute Gasteiger partial charge is 0.387 e. The quantitative estimate of drug-likeness (QED) is 0.804. The Hall–Kier alpha value is -0.880. The molecule has 0 radical (unpaired) electrons. The van der Waals surface area contributed by atoms with Gasteiger partial charge in [-0.2, -0.15) is 5.10 Å². The molecule has 5 nitrogen and oxygen atoms in total. The van der Waals surface area contributed by atoms with E-state index >= 15 is 0 Å². The minimum atomic E-state index is -3.02.